The van der Waals surface area contributed by atoms with Gasteiger partial charge in [0.15, 0.2) is 0 Å². The Balaban J connectivity index is 2.00. The number of rotatable bonds is 11. The van der Waals surface area contributed by atoms with Gasteiger partial charge in [-0.3, -0.25) is 0 Å². The van der Waals surface area contributed by atoms with Gasteiger partial charge < -0.3 is 18.9 Å². The van der Waals surface area contributed by atoms with E-state index in [4.69, 9.17) is 23.9 Å². The molecule has 0 aliphatic heterocycles. The summed E-state index contributed by atoms with van der Waals surface area (Å²) in [7, 11) is 3.19. The Bertz CT molecular complexity index is 1160. The normalized spacial score (nSPS) is 10.9. The molecule has 3 rings (SSSR count). The average Bonchev–Trinajstić information content (AvgIpc) is 3.32. The summed E-state index contributed by atoms with van der Waals surface area (Å²) in [6.07, 6.45) is 4.89. The number of thiazole rings is 1. The molecule has 0 aliphatic rings. The molecule has 0 saturated heterocycles. The van der Waals surface area contributed by atoms with Crippen LogP contribution in [-0.4, -0.2) is 44.4 Å². The van der Waals surface area contributed by atoms with Gasteiger partial charge in [-0.2, -0.15) is 0 Å². The highest BCUT2D eigenvalue weighted by Gasteiger charge is 2.16. The number of aromatic nitrogens is 1. The number of benzene rings is 2. The molecule has 0 spiro atoms. The van der Waals surface area contributed by atoms with E-state index in [1.54, 1.807) is 45.4 Å². The zero-order valence-electron chi connectivity index (χ0n) is 20.3. The predicted octanol–water partition coefficient (Wildman–Crippen LogP) is 6.03. The molecule has 2 aromatic carbocycles. The number of hydrogen-bond donors (Lipinski definition) is 0. The summed E-state index contributed by atoms with van der Waals surface area (Å²) >= 11 is 1.43. The molecule has 0 unspecified atom stereocenters. The third kappa shape index (κ3) is 6.93. The highest BCUT2D eigenvalue weighted by molar-refractivity contribution is 7.16. The Hall–Kier alpha value is -3.65. The fraction of sp³-hybridized carbons (Fsp3) is 0.296. The van der Waals surface area contributed by atoms with Crippen LogP contribution in [0.2, 0.25) is 0 Å². The molecule has 184 valence electrons. The van der Waals surface area contributed by atoms with Gasteiger partial charge in [0.25, 0.3) is 0 Å². The van der Waals surface area contributed by atoms with Gasteiger partial charge in [-0.25, -0.2) is 14.6 Å². The van der Waals surface area contributed by atoms with E-state index in [-0.39, 0.29) is 5.97 Å². The van der Waals surface area contributed by atoms with E-state index in [1.807, 2.05) is 31.2 Å². The summed E-state index contributed by atoms with van der Waals surface area (Å²) < 4.78 is 21.1. The minimum atomic E-state index is -0.403. The molecular weight excluding hydrogens is 466 g/mol. The molecule has 7 nitrogen and oxygen atoms in total. The number of carbonyl (C=O) groups is 2. The van der Waals surface area contributed by atoms with Crippen LogP contribution in [0.5, 0.6) is 11.5 Å². The highest BCUT2D eigenvalue weighted by Crippen LogP contribution is 2.37. The molecule has 0 radical (unpaired) electrons. The smallest absolute Gasteiger partial charge is 0.338 e. The monoisotopic (exact) mass is 495 g/mol. The number of carbonyl (C=O) groups excluding carboxylic acids is 2. The summed E-state index contributed by atoms with van der Waals surface area (Å²) in [5, 5.41) is 0.727. The van der Waals surface area contributed by atoms with Crippen LogP contribution >= 0.6 is 11.3 Å². The molecule has 0 N–H and O–H groups in total. The van der Waals surface area contributed by atoms with E-state index in [0.29, 0.717) is 36.0 Å². The average molecular weight is 496 g/mol. The molecule has 8 heteroatoms. The van der Waals surface area contributed by atoms with Crippen LogP contribution < -0.4 is 9.47 Å². The molecule has 0 atom stereocenters. The lowest BCUT2D eigenvalue weighted by atomic mass is 10.1. The van der Waals surface area contributed by atoms with Crippen LogP contribution in [0.1, 0.15) is 41.9 Å². The van der Waals surface area contributed by atoms with Gasteiger partial charge in [0.05, 0.1) is 43.6 Å². The van der Waals surface area contributed by atoms with Gasteiger partial charge in [-0.1, -0.05) is 25.5 Å². The Labute approximate surface area is 209 Å². The topological polar surface area (TPSA) is 84.0 Å². The minimum Gasteiger partial charge on any atom is -0.497 e. The van der Waals surface area contributed by atoms with Gasteiger partial charge in [-0.15, -0.1) is 11.3 Å². The summed E-state index contributed by atoms with van der Waals surface area (Å²) in [5.74, 6) is 0.509. The molecule has 0 bridgehead atoms. The third-order valence-electron chi connectivity index (χ3n) is 5.03. The van der Waals surface area contributed by atoms with Crippen LogP contribution in [0.15, 0.2) is 48.5 Å². The van der Waals surface area contributed by atoms with Gasteiger partial charge in [0.1, 0.15) is 16.5 Å². The first-order chi connectivity index (χ1) is 17.0. The van der Waals surface area contributed by atoms with Gasteiger partial charge >= 0.3 is 11.9 Å². The standard InChI is InChI=1S/C27H29NO6S/c1-5-7-14-34-24(29)13-12-23-25(18-8-10-19(11-9-18)27(30)33-6-2)28-26(35-23)20-15-21(31-3)17-22(16-20)32-4/h8-13,15-17H,5-7,14H2,1-4H3/b13-12+. The lowest BCUT2D eigenvalue weighted by Gasteiger charge is -2.06. The van der Waals surface area contributed by atoms with Crippen LogP contribution in [-0.2, 0) is 14.3 Å². The van der Waals surface area contributed by atoms with E-state index in [1.165, 1.54) is 17.4 Å². The van der Waals surface area contributed by atoms with E-state index in [9.17, 15) is 9.59 Å². The number of esters is 2. The highest BCUT2D eigenvalue weighted by atomic mass is 32.1. The van der Waals surface area contributed by atoms with Crippen LogP contribution in [0.3, 0.4) is 0 Å². The lowest BCUT2D eigenvalue weighted by molar-refractivity contribution is -0.137. The molecular formula is C27H29NO6S. The lowest BCUT2D eigenvalue weighted by Crippen LogP contribution is -2.04. The third-order valence-corrected chi connectivity index (χ3v) is 6.10. The summed E-state index contributed by atoms with van der Waals surface area (Å²) in [6, 6.07) is 12.6. The first-order valence-corrected chi connectivity index (χ1v) is 12.2. The maximum atomic E-state index is 12.2. The SMILES string of the molecule is CCCCOC(=O)/C=C/c1sc(-c2cc(OC)cc(OC)c2)nc1-c1ccc(C(=O)OCC)cc1. The maximum Gasteiger partial charge on any atom is 0.338 e. The molecule has 0 saturated carbocycles. The molecule has 0 aliphatic carbocycles. The summed E-state index contributed by atoms with van der Waals surface area (Å²) in [6.45, 7) is 4.50. The number of ether oxygens (including phenoxy) is 4. The molecule has 35 heavy (non-hydrogen) atoms. The first kappa shape index (κ1) is 26.0. The molecule has 1 heterocycles. The molecule has 3 aromatic rings. The number of nitrogens with zero attached hydrogens (tertiary/aromatic N) is 1. The minimum absolute atomic E-state index is 0.309. The van der Waals surface area contributed by atoms with Gasteiger partial charge in [0.2, 0.25) is 0 Å². The van der Waals surface area contributed by atoms with Crippen molar-refractivity contribution in [1.29, 1.82) is 0 Å². The summed E-state index contributed by atoms with van der Waals surface area (Å²) in [5.41, 5.74) is 2.76. The zero-order valence-corrected chi connectivity index (χ0v) is 21.1. The van der Waals surface area contributed by atoms with E-state index in [2.05, 4.69) is 0 Å². The zero-order chi connectivity index (χ0) is 25.2. The first-order valence-electron chi connectivity index (χ1n) is 11.4. The van der Waals surface area contributed by atoms with Gasteiger partial charge in [-0.05, 0) is 43.7 Å². The van der Waals surface area contributed by atoms with Crippen molar-refractivity contribution in [3.63, 3.8) is 0 Å². The Kier molecular flexibility index (Phi) is 9.43. The van der Waals surface area contributed by atoms with Crippen LogP contribution in [0.4, 0.5) is 0 Å². The summed E-state index contributed by atoms with van der Waals surface area (Å²) in [4.78, 5) is 29.8. The van der Waals surface area contributed by atoms with Crippen molar-refractivity contribution >= 4 is 29.4 Å². The van der Waals surface area contributed by atoms with Crippen LogP contribution in [0.25, 0.3) is 27.9 Å². The van der Waals surface area contributed by atoms with E-state index < -0.39 is 5.97 Å². The second-order valence-electron chi connectivity index (χ2n) is 7.49. The number of methoxy groups -OCH3 is 2. The second kappa shape index (κ2) is 12.7. The predicted molar refractivity (Wildman–Crippen MR) is 137 cm³/mol. The largest absolute Gasteiger partial charge is 0.497 e. The van der Waals surface area contributed by atoms with Gasteiger partial charge in [0, 0.05) is 23.3 Å². The number of unbranched alkanes of at least 4 members (excludes halogenated alkanes) is 1. The Morgan fingerprint density at radius 1 is 0.943 bits per heavy atom. The van der Waals surface area contributed by atoms with Crippen molar-refractivity contribution in [3.05, 3.63) is 59.0 Å². The Morgan fingerprint density at radius 3 is 2.23 bits per heavy atom. The van der Waals surface area contributed by atoms with Crippen molar-refractivity contribution in [2.75, 3.05) is 27.4 Å². The maximum absolute atomic E-state index is 12.2. The van der Waals surface area contributed by atoms with Crippen molar-refractivity contribution < 1.29 is 28.5 Å². The fourth-order valence-corrected chi connectivity index (χ4v) is 4.17. The Morgan fingerprint density at radius 2 is 1.63 bits per heavy atom. The van der Waals surface area contributed by atoms with Crippen molar-refractivity contribution in [2.45, 2.75) is 26.7 Å². The van der Waals surface area contributed by atoms with Crippen molar-refractivity contribution in [1.82, 2.24) is 4.98 Å². The molecule has 0 amide bonds. The molecule has 1 aromatic heterocycles. The van der Waals surface area contributed by atoms with Crippen molar-refractivity contribution in [3.8, 4) is 33.3 Å². The second-order valence-corrected chi connectivity index (χ2v) is 8.52. The quantitative estimate of drug-likeness (QED) is 0.182. The number of hydrogen-bond acceptors (Lipinski definition) is 8. The molecule has 0 fully saturated rings. The van der Waals surface area contributed by atoms with E-state index >= 15 is 0 Å². The van der Waals surface area contributed by atoms with E-state index in [0.717, 1.165) is 33.9 Å². The van der Waals surface area contributed by atoms with Crippen LogP contribution in [0, 0.1) is 0 Å². The van der Waals surface area contributed by atoms with Crippen molar-refractivity contribution in [2.24, 2.45) is 0 Å². The fourth-order valence-electron chi connectivity index (χ4n) is 3.19.